The zero-order chi connectivity index (χ0) is 20.5. The molecule has 0 aliphatic heterocycles. The molecule has 1 aromatic heterocycles. The summed E-state index contributed by atoms with van der Waals surface area (Å²) in [5, 5.41) is 6.05. The van der Waals surface area contributed by atoms with Gasteiger partial charge in [-0.3, -0.25) is 4.79 Å². The van der Waals surface area contributed by atoms with Crippen molar-refractivity contribution in [2.75, 3.05) is 53.3 Å². The number of ether oxygens (including phenoxy) is 2. The molecule has 28 heavy (non-hydrogen) atoms. The van der Waals surface area contributed by atoms with Gasteiger partial charge in [-0.2, -0.15) is 0 Å². The smallest absolute Gasteiger partial charge is 0.270 e. The third-order valence-corrected chi connectivity index (χ3v) is 4.08. The fraction of sp³-hybridized carbons (Fsp3) is 0.450. The van der Waals surface area contributed by atoms with Gasteiger partial charge >= 0.3 is 0 Å². The summed E-state index contributed by atoms with van der Waals surface area (Å²) in [7, 11) is 7.15. The quantitative estimate of drug-likeness (QED) is 0.642. The molecule has 0 unspecified atom stereocenters. The first-order chi connectivity index (χ1) is 13.4. The third-order valence-electron chi connectivity index (χ3n) is 4.08. The molecule has 1 amide bonds. The van der Waals surface area contributed by atoms with Crippen LogP contribution in [0.4, 0.5) is 5.95 Å². The van der Waals surface area contributed by atoms with Gasteiger partial charge in [-0.25, -0.2) is 9.97 Å². The number of nitrogens with zero attached hydrogens (tertiary/aromatic N) is 3. The predicted octanol–water partition coefficient (Wildman–Crippen LogP) is 1.75. The molecule has 8 heteroatoms. The average molecular weight is 387 g/mol. The Morgan fingerprint density at radius 3 is 2.50 bits per heavy atom. The zero-order valence-electron chi connectivity index (χ0n) is 17.2. The second-order valence-electron chi connectivity index (χ2n) is 6.64. The summed E-state index contributed by atoms with van der Waals surface area (Å²) >= 11 is 0. The van der Waals surface area contributed by atoms with E-state index in [-0.39, 0.29) is 5.91 Å². The highest BCUT2D eigenvalue weighted by molar-refractivity contribution is 5.92. The molecular weight excluding hydrogens is 358 g/mol. The number of amides is 1. The summed E-state index contributed by atoms with van der Waals surface area (Å²) in [5.41, 5.74) is 2.20. The molecule has 0 atom stereocenters. The number of likely N-dealkylation sites (N-methyl/N-ethyl adjacent to an activating group) is 1. The number of aromatic nitrogens is 2. The van der Waals surface area contributed by atoms with E-state index in [0.717, 1.165) is 24.2 Å². The van der Waals surface area contributed by atoms with E-state index in [2.05, 4.69) is 20.6 Å². The van der Waals surface area contributed by atoms with Gasteiger partial charge in [0.2, 0.25) is 5.95 Å². The fourth-order valence-corrected chi connectivity index (χ4v) is 2.60. The van der Waals surface area contributed by atoms with Crippen molar-refractivity contribution in [3.63, 3.8) is 0 Å². The number of aryl methyl sites for hydroxylation is 1. The van der Waals surface area contributed by atoms with Crippen LogP contribution in [0.3, 0.4) is 0 Å². The second kappa shape index (κ2) is 10.5. The maximum atomic E-state index is 12.3. The molecule has 2 aromatic rings. The van der Waals surface area contributed by atoms with Gasteiger partial charge < -0.3 is 25.0 Å². The zero-order valence-corrected chi connectivity index (χ0v) is 17.2. The molecule has 152 valence electrons. The Bertz CT molecular complexity index is 795. The molecule has 0 spiro atoms. The number of carbonyl (C=O) groups excluding carboxylic acids is 1. The van der Waals surface area contributed by atoms with Crippen molar-refractivity contribution in [3.8, 4) is 11.5 Å². The molecule has 0 aliphatic carbocycles. The van der Waals surface area contributed by atoms with Crippen LogP contribution in [0.25, 0.3) is 0 Å². The minimum Gasteiger partial charge on any atom is -0.493 e. The van der Waals surface area contributed by atoms with Crippen LogP contribution in [0.1, 0.15) is 21.7 Å². The molecule has 2 rings (SSSR count). The lowest BCUT2D eigenvalue weighted by molar-refractivity contribution is 0.0946. The van der Waals surface area contributed by atoms with Gasteiger partial charge in [0.25, 0.3) is 5.91 Å². The molecule has 0 aliphatic rings. The van der Waals surface area contributed by atoms with Crippen LogP contribution in [0.5, 0.6) is 11.5 Å². The number of methoxy groups -OCH3 is 2. The fourth-order valence-electron chi connectivity index (χ4n) is 2.60. The van der Waals surface area contributed by atoms with Crippen molar-refractivity contribution >= 4 is 11.9 Å². The number of anilines is 1. The van der Waals surface area contributed by atoms with E-state index in [9.17, 15) is 4.79 Å². The van der Waals surface area contributed by atoms with Crippen molar-refractivity contribution in [3.05, 3.63) is 41.2 Å². The van der Waals surface area contributed by atoms with E-state index >= 15 is 0 Å². The van der Waals surface area contributed by atoms with Crippen LogP contribution in [0.15, 0.2) is 24.3 Å². The van der Waals surface area contributed by atoms with Crippen LogP contribution in [-0.4, -0.2) is 68.7 Å². The lowest BCUT2D eigenvalue weighted by Crippen LogP contribution is -2.32. The number of rotatable bonds is 10. The molecule has 1 heterocycles. The average Bonchev–Trinajstić information content (AvgIpc) is 2.67. The number of carbonyl (C=O) groups is 1. The van der Waals surface area contributed by atoms with Gasteiger partial charge in [-0.15, -0.1) is 0 Å². The molecule has 0 saturated heterocycles. The van der Waals surface area contributed by atoms with Crippen LogP contribution >= 0.6 is 0 Å². The Kier molecular flexibility index (Phi) is 8.01. The first kappa shape index (κ1) is 21.4. The van der Waals surface area contributed by atoms with Crippen molar-refractivity contribution in [1.82, 2.24) is 20.2 Å². The Balaban J connectivity index is 1.95. The van der Waals surface area contributed by atoms with E-state index < -0.39 is 0 Å². The summed E-state index contributed by atoms with van der Waals surface area (Å²) in [4.78, 5) is 23.0. The molecule has 0 fully saturated rings. The number of hydrogen-bond acceptors (Lipinski definition) is 7. The second-order valence-corrected chi connectivity index (χ2v) is 6.64. The van der Waals surface area contributed by atoms with Crippen molar-refractivity contribution in [2.45, 2.75) is 13.3 Å². The monoisotopic (exact) mass is 387 g/mol. The topological polar surface area (TPSA) is 88.6 Å². The van der Waals surface area contributed by atoms with Crippen LogP contribution < -0.4 is 20.1 Å². The number of hydrogen-bond donors (Lipinski definition) is 2. The highest BCUT2D eigenvalue weighted by Crippen LogP contribution is 2.27. The van der Waals surface area contributed by atoms with Crippen molar-refractivity contribution < 1.29 is 14.3 Å². The minimum absolute atomic E-state index is 0.199. The van der Waals surface area contributed by atoms with Gasteiger partial charge in [0.05, 0.1) is 14.2 Å². The van der Waals surface area contributed by atoms with Gasteiger partial charge in [-0.05, 0) is 51.2 Å². The maximum absolute atomic E-state index is 12.3. The van der Waals surface area contributed by atoms with Crippen molar-refractivity contribution in [1.29, 1.82) is 0 Å². The van der Waals surface area contributed by atoms with Gasteiger partial charge in [0, 0.05) is 25.3 Å². The molecular formula is C20H29N5O3. The van der Waals surface area contributed by atoms with Gasteiger partial charge in [0.15, 0.2) is 11.5 Å². The molecule has 0 radical (unpaired) electrons. The third kappa shape index (κ3) is 6.38. The maximum Gasteiger partial charge on any atom is 0.270 e. The van der Waals surface area contributed by atoms with Crippen LogP contribution in [-0.2, 0) is 6.42 Å². The lowest BCUT2D eigenvalue weighted by atomic mass is 10.1. The van der Waals surface area contributed by atoms with Gasteiger partial charge in [0.1, 0.15) is 5.69 Å². The standard InChI is InChI=1S/C20H29N5O3/c1-14-12-16(19(26)21-10-11-25(2)3)24-20(23-14)22-9-8-15-6-7-17(27-4)18(13-15)28-5/h6-7,12-13H,8-11H2,1-5H3,(H,21,26)(H,22,23,24). The van der Waals surface area contributed by atoms with E-state index in [1.807, 2.05) is 44.1 Å². The molecule has 1 aromatic carbocycles. The largest absolute Gasteiger partial charge is 0.493 e. The Labute approximate surface area is 166 Å². The highest BCUT2D eigenvalue weighted by Gasteiger charge is 2.10. The Hall–Kier alpha value is -2.87. The minimum atomic E-state index is -0.199. The summed E-state index contributed by atoms with van der Waals surface area (Å²) in [6.07, 6.45) is 0.752. The van der Waals surface area contributed by atoms with E-state index in [0.29, 0.717) is 36.2 Å². The predicted molar refractivity (Wildman–Crippen MR) is 109 cm³/mol. The first-order valence-corrected chi connectivity index (χ1v) is 9.16. The molecule has 0 bridgehead atoms. The van der Waals surface area contributed by atoms with E-state index in [1.54, 1.807) is 20.3 Å². The Morgan fingerprint density at radius 1 is 1.07 bits per heavy atom. The van der Waals surface area contributed by atoms with E-state index in [4.69, 9.17) is 9.47 Å². The first-order valence-electron chi connectivity index (χ1n) is 9.16. The van der Waals surface area contributed by atoms with E-state index in [1.165, 1.54) is 0 Å². The highest BCUT2D eigenvalue weighted by atomic mass is 16.5. The van der Waals surface area contributed by atoms with Gasteiger partial charge in [-0.1, -0.05) is 6.07 Å². The van der Waals surface area contributed by atoms with Crippen LogP contribution in [0.2, 0.25) is 0 Å². The summed E-state index contributed by atoms with van der Waals surface area (Å²) in [6, 6.07) is 7.50. The normalized spacial score (nSPS) is 10.6. The molecule has 8 nitrogen and oxygen atoms in total. The molecule has 2 N–H and O–H groups in total. The SMILES string of the molecule is COc1ccc(CCNc2nc(C)cc(C(=O)NCCN(C)C)n2)cc1OC. The van der Waals surface area contributed by atoms with Crippen molar-refractivity contribution in [2.24, 2.45) is 0 Å². The summed E-state index contributed by atoms with van der Waals surface area (Å²) in [6.45, 7) is 3.81. The van der Waals surface area contributed by atoms with Crippen LogP contribution in [0, 0.1) is 6.92 Å². The summed E-state index contributed by atoms with van der Waals surface area (Å²) in [5.74, 6) is 1.64. The summed E-state index contributed by atoms with van der Waals surface area (Å²) < 4.78 is 10.6. The molecule has 0 saturated carbocycles. The number of benzene rings is 1. The Morgan fingerprint density at radius 2 is 1.82 bits per heavy atom. The lowest BCUT2D eigenvalue weighted by Gasteiger charge is -2.12. The number of nitrogens with one attached hydrogen (secondary N) is 2.